The zero-order valence-electron chi connectivity index (χ0n) is 30.6. The van der Waals surface area contributed by atoms with E-state index in [1.54, 1.807) is 0 Å². The second kappa shape index (κ2) is 15.2. The Balaban J connectivity index is 0.00000101. The summed E-state index contributed by atoms with van der Waals surface area (Å²) in [4.78, 5) is 14.7. The highest BCUT2D eigenvalue weighted by molar-refractivity contribution is 6.09. The summed E-state index contributed by atoms with van der Waals surface area (Å²) < 4.78 is 12.6. The number of hydrogen-bond donors (Lipinski definition) is 2. The molecule has 8 nitrogen and oxygen atoms in total. The van der Waals surface area contributed by atoms with Crippen LogP contribution < -0.4 is 15.3 Å². The zero-order chi connectivity index (χ0) is 35.4. The maximum absolute atomic E-state index is 11.3. The van der Waals surface area contributed by atoms with E-state index in [1.807, 2.05) is 30.3 Å². The molecular weight excluding hydrogens is 622 g/mol. The van der Waals surface area contributed by atoms with Gasteiger partial charge >= 0.3 is 0 Å². The number of nitrogens with zero attached hydrogens (tertiary/aromatic N) is 4. The summed E-state index contributed by atoms with van der Waals surface area (Å²) in [6.45, 7) is 17.3. The molecule has 3 unspecified atom stereocenters. The normalized spacial score (nSPS) is 22.9. The lowest BCUT2D eigenvalue weighted by molar-refractivity contribution is 0.195. The number of aliphatic imine (C=N–C) groups is 1. The molecule has 3 aromatic rings. The van der Waals surface area contributed by atoms with E-state index in [4.69, 9.17) is 19.5 Å². The van der Waals surface area contributed by atoms with Crippen molar-refractivity contribution in [2.75, 3.05) is 17.2 Å². The number of aromatic nitrogens is 2. The highest BCUT2D eigenvalue weighted by Gasteiger charge is 2.37. The fourth-order valence-corrected chi connectivity index (χ4v) is 7.23. The molecule has 8 heteroatoms. The summed E-state index contributed by atoms with van der Waals surface area (Å²) in [5, 5.41) is 12.3. The number of nitrogens with one attached hydrogen (secondary N) is 1. The van der Waals surface area contributed by atoms with Crippen molar-refractivity contribution in [2.45, 2.75) is 98.8 Å². The van der Waals surface area contributed by atoms with Crippen LogP contribution in [-0.2, 0) is 4.74 Å². The molecule has 0 radical (unpaired) electrons. The molecule has 2 aliphatic heterocycles. The van der Waals surface area contributed by atoms with E-state index in [1.165, 1.54) is 25.7 Å². The van der Waals surface area contributed by atoms with Crippen molar-refractivity contribution >= 4 is 17.3 Å². The van der Waals surface area contributed by atoms with Gasteiger partial charge in [0.2, 0.25) is 11.8 Å². The van der Waals surface area contributed by atoms with Crippen molar-refractivity contribution in [3.05, 3.63) is 101 Å². The molecule has 2 fully saturated rings. The number of benzene rings is 2. The second-order valence-electron chi connectivity index (χ2n) is 15.1. The summed E-state index contributed by atoms with van der Waals surface area (Å²) >= 11 is 0. The van der Waals surface area contributed by atoms with Gasteiger partial charge in [0.25, 0.3) is 0 Å². The highest BCUT2D eigenvalue weighted by atomic mass is 16.5. The topological polar surface area (TPSA) is 92.1 Å². The number of hydrogen-bond acceptors (Lipinski definition) is 8. The minimum absolute atomic E-state index is 0.0897. The highest BCUT2D eigenvalue weighted by Crippen LogP contribution is 2.46. The van der Waals surface area contributed by atoms with Crippen molar-refractivity contribution in [1.29, 1.82) is 0 Å². The van der Waals surface area contributed by atoms with E-state index in [9.17, 15) is 5.21 Å². The van der Waals surface area contributed by atoms with E-state index in [0.29, 0.717) is 23.9 Å². The average Bonchev–Trinajstić information content (AvgIpc) is 3.29. The molecule has 0 spiro atoms. The molecule has 50 heavy (non-hydrogen) atoms. The summed E-state index contributed by atoms with van der Waals surface area (Å²) in [7, 11) is 0. The van der Waals surface area contributed by atoms with Crippen LogP contribution in [0.3, 0.4) is 0 Å². The Bertz CT molecular complexity index is 1770. The SMILES string of the molecule is C1CCC1.C=C1OC(C(C)(C)C)=CC1=N/C(=C\C)C1CCCCC2COc3cc(-c4c(C)cccc4C)nc(n3)NN(O)c3cccc(c3)C21. The molecule has 4 bridgehead atoms. The molecule has 7 rings (SSSR count). The standard InChI is InChI=1S/C38H45N5O3.C4H8/c1-8-30(39-31-20-33(38(5,6)7)46-25(31)4)29-18-10-9-15-27-22-45-34-21-32(35-23(2)13-11-14-24(35)3)40-37(41-34)42-43(44)28-17-12-16-26(19-28)36(27)29;1-2-4-3-1/h8,11-14,16-17,19-21,27,29,36,44H,4,9-10,15,18,22H2,1-3,5-7H3,(H,40,41,42);1-4H2/b30-8-,39-31?;. The van der Waals surface area contributed by atoms with Gasteiger partial charge in [-0.05, 0) is 68.4 Å². The van der Waals surface area contributed by atoms with Crippen LogP contribution in [0.4, 0.5) is 11.6 Å². The third-order valence-corrected chi connectivity index (χ3v) is 10.3. The summed E-state index contributed by atoms with van der Waals surface area (Å²) in [6.07, 6.45) is 14.3. The largest absolute Gasteiger partial charge is 0.477 e. The van der Waals surface area contributed by atoms with E-state index in [-0.39, 0.29) is 29.1 Å². The lowest BCUT2D eigenvalue weighted by atomic mass is 9.74. The monoisotopic (exact) mass is 675 g/mol. The predicted octanol–water partition coefficient (Wildman–Crippen LogP) is 10.6. The number of aryl methyl sites for hydroxylation is 2. The number of rotatable bonds is 3. The molecule has 0 amide bonds. The Labute approximate surface area is 298 Å². The lowest BCUT2D eigenvalue weighted by Crippen LogP contribution is -2.30. The van der Waals surface area contributed by atoms with Gasteiger partial charge in [0, 0.05) is 40.7 Å². The molecular formula is C42H53N5O3. The van der Waals surface area contributed by atoms with Gasteiger partial charge in [-0.15, -0.1) is 0 Å². The molecule has 2 N–H and O–H groups in total. The van der Waals surface area contributed by atoms with Crippen molar-refractivity contribution in [3.8, 4) is 17.1 Å². The molecule has 1 aromatic heterocycles. The van der Waals surface area contributed by atoms with Crippen molar-refractivity contribution in [3.63, 3.8) is 0 Å². The number of ether oxygens (including phenoxy) is 2. The first-order valence-electron chi connectivity index (χ1n) is 18.3. The van der Waals surface area contributed by atoms with Crippen LogP contribution in [0, 0.1) is 31.1 Å². The zero-order valence-corrected chi connectivity index (χ0v) is 30.6. The Hall–Kier alpha value is -4.43. The van der Waals surface area contributed by atoms with E-state index in [0.717, 1.165) is 76.0 Å². The van der Waals surface area contributed by atoms with Gasteiger partial charge in [-0.3, -0.25) is 5.21 Å². The molecule has 3 atom stereocenters. The third-order valence-electron chi connectivity index (χ3n) is 10.3. The minimum atomic E-state index is -0.141. The van der Waals surface area contributed by atoms with Gasteiger partial charge in [0.05, 0.1) is 18.0 Å². The predicted molar refractivity (Wildman–Crippen MR) is 202 cm³/mol. The first-order chi connectivity index (χ1) is 24.0. The molecule has 2 aromatic carbocycles. The smallest absolute Gasteiger partial charge is 0.247 e. The summed E-state index contributed by atoms with van der Waals surface area (Å²) in [5.41, 5.74) is 10.4. The average molecular weight is 676 g/mol. The number of anilines is 2. The van der Waals surface area contributed by atoms with Gasteiger partial charge in [-0.2, -0.15) is 10.2 Å². The van der Waals surface area contributed by atoms with Gasteiger partial charge in [0.1, 0.15) is 17.2 Å². The Morgan fingerprint density at radius 3 is 2.34 bits per heavy atom. The van der Waals surface area contributed by atoms with Gasteiger partial charge in [-0.25, -0.2) is 15.4 Å². The van der Waals surface area contributed by atoms with Crippen LogP contribution in [-0.4, -0.2) is 27.5 Å². The van der Waals surface area contributed by atoms with Gasteiger partial charge < -0.3 is 9.47 Å². The van der Waals surface area contributed by atoms with E-state index < -0.39 is 0 Å². The molecule has 3 heterocycles. The van der Waals surface area contributed by atoms with Crippen molar-refractivity contribution in [1.82, 2.24) is 9.97 Å². The molecule has 4 aliphatic rings. The van der Waals surface area contributed by atoms with Crippen LogP contribution in [0.25, 0.3) is 11.3 Å². The van der Waals surface area contributed by atoms with Crippen LogP contribution >= 0.6 is 0 Å². The molecule has 0 saturated heterocycles. The Kier molecular flexibility index (Phi) is 10.8. The van der Waals surface area contributed by atoms with Gasteiger partial charge in [-0.1, -0.05) is 102 Å². The molecule has 2 saturated carbocycles. The first kappa shape index (κ1) is 35.4. The fourth-order valence-electron chi connectivity index (χ4n) is 7.23. The fraction of sp³-hybridized carbons (Fsp3) is 0.452. The lowest BCUT2D eigenvalue weighted by Gasteiger charge is -2.33. The van der Waals surface area contributed by atoms with E-state index >= 15 is 0 Å². The maximum atomic E-state index is 11.3. The quantitative estimate of drug-likeness (QED) is 0.285. The third kappa shape index (κ3) is 7.96. The number of fused-ring (bicyclic) bond motifs is 6. The molecule has 2 aliphatic carbocycles. The number of allylic oxidation sites excluding steroid dienone is 4. The van der Waals surface area contributed by atoms with Crippen LogP contribution in [0.5, 0.6) is 5.88 Å². The van der Waals surface area contributed by atoms with Crippen molar-refractivity contribution in [2.24, 2.45) is 22.2 Å². The first-order valence-corrected chi connectivity index (χ1v) is 18.3. The second-order valence-corrected chi connectivity index (χ2v) is 15.1. The summed E-state index contributed by atoms with van der Waals surface area (Å²) in [6, 6.07) is 16.2. The van der Waals surface area contributed by atoms with Crippen LogP contribution in [0.15, 0.2) is 89.5 Å². The van der Waals surface area contributed by atoms with E-state index in [2.05, 4.69) is 88.9 Å². The van der Waals surface area contributed by atoms with Crippen molar-refractivity contribution < 1.29 is 14.7 Å². The van der Waals surface area contributed by atoms with Crippen LogP contribution in [0.2, 0.25) is 0 Å². The maximum Gasteiger partial charge on any atom is 0.247 e. The Morgan fingerprint density at radius 2 is 1.68 bits per heavy atom. The van der Waals surface area contributed by atoms with Crippen LogP contribution in [0.1, 0.15) is 102 Å². The molecule has 264 valence electrons. The number of hydrazine groups is 1. The summed E-state index contributed by atoms with van der Waals surface area (Å²) in [5.74, 6) is 2.58. The van der Waals surface area contributed by atoms with Gasteiger partial charge in [0.15, 0.2) is 0 Å². The Morgan fingerprint density at radius 1 is 0.980 bits per heavy atom. The minimum Gasteiger partial charge on any atom is -0.477 e.